The molecule has 1 amide bonds. The van der Waals surface area contributed by atoms with Crippen LogP contribution in [0, 0.1) is 5.92 Å². The number of rotatable bonds is 6. The van der Waals surface area contributed by atoms with Crippen molar-refractivity contribution in [2.45, 2.75) is 13.8 Å². The molecule has 0 aliphatic rings. The smallest absolute Gasteiger partial charge is 0.228 e. The second-order valence-corrected chi connectivity index (χ2v) is 4.88. The molecule has 1 rings (SSSR count). The molecule has 0 saturated carbocycles. The topological polar surface area (TPSA) is 59.6 Å². The minimum atomic E-state index is -0.116. The molecule has 1 aromatic rings. The summed E-state index contributed by atoms with van der Waals surface area (Å²) in [6.45, 7) is 4.62. The molecule has 0 radical (unpaired) electrons. The first kappa shape index (κ1) is 16.4. The van der Waals surface area contributed by atoms with E-state index in [0.717, 1.165) is 5.69 Å². The van der Waals surface area contributed by atoms with Gasteiger partial charge >= 0.3 is 0 Å². The van der Waals surface area contributed by atoms with E-state index < -0.39 is 0 Å². The molecule has 0 fully saturated rings. The lowest BCUT2D eigenvalue weighted by Gasteiger charge is -2.12. The number of anilines is 1. The Hall–Kier alpha value is -1.66. The summed E-state index contributed by atoms with van der Waals surface area (Å²) < 4.78 is 10.4. The Balaban J connectivity index is 2.53. The van der Waals surface area contributed by atoms with Crippen LogP contribution >= 0.6 is 12.2 Å². The molecule has 2 N–H and O–H groups in total. The molecule has 0 saturated heterocycles. The van der Waals surface area contributed by atoms with Crippen molar-refractivity contribution in [1.29, 1.82) is 0 Å². The Morgan fingerprint density at radius 1 is 1.35 bits per heavy atom. The minimum Gasteiger partial charge on any atom is -0.491 e. The Bertz CT molecular complexity index is 463. The lowest BCUT2D eigenvalue weighted by Crippen LogP contribution is -2.36. The zero-order chi connectivity index (χ0) is 15.0. The first-order chi connectivity index (χ1) is 9.52. The fraction of sp³-hybridized carbons (Fsp3) is 0.429. The Morgan fingerprint density at radius 3 is 2.75 bits per heavy atom. The SMILES string of the molecule is COCCOc1cccc(NC(=S)NC(=O)C(C)C)c1. The normalized spacial score (nSPS) is 10.2. The molecule has 0 aliphatic heterocycles. The van der Waals surface area contributed by atoms with E-state index in [4.69, 9.17) is 21.7 Å². The Labute approximate surface area is 124 Å². The van der Waals surface area contributed by atoms with E-state index in [9.17, 15) is 4.79 Å². The number of nitrogens with one attached hydrogen (secondary N) is 2. The molecule has 0 aliphatic carbocycles. The molecule has 0 bridgehead atoms. The molecular formula is C14H20N2O3S. The molecule has 1 aromatic carbocycles. The summed E-state index contributed by atoms with van der Waals surface area (Å²) in [5.74, 6) is 0.485. The third-order valence-electron chi connectivity index (χ3n) is 2.41. The highest BCUT2D eigenvalue weighted by Crippen LogP contribution is 2.17. The van der Waals surface area contributed by atoms with Gasteiger partial charge in [-0.15, -0.1) is 0 Å². The van der Waals surface area contributed by atoms with Crippen molar-refractivity contribution in [3.8, 4) is 5.75 Å². The monoisotopic (exact) mass is 296 g/mol. The van der Waals surface area contributed by atoms with Crippen molar-refractivity contribution in [3.05, 3.63) is 24.3 Å². The van der Waals surface area contributed by atoms with Crippen LogP contribution < -0.4 is 15.4 Å². The molecule has 6 heteroatoms. The molecule has 20 heavy (non-hydrogen) atoms. The van der Waals surface area contributed by atoms with Crippen LogP contribution in [0.1, 0.15) is 13.8 Å². The number of hydrogen-bond donors (Lipinski definition) is 2. The summed E-state index contributed by atoms with van der Waals surface area (Å²) in [7, 11) is 1.62. The average Bonchev–Trinajstić information content (AvgIpc) is 2.39. The van der Waals surface area contributed by atoms with Gasteiger partial charge in [-0.05, 0) is 24.4 Å². The summed E-state index contributed by atoms with van der Waals surface area (Å²) in [4.78, 5) is 11.5. The number of ether oxygens (including phenoxy) is 2. The Morgan fingerprint density at radius 2 is 2.10 bits per heavy atom. The maximum atomic E-state index is 11.5. The molecule has 0 unspecified atom stereocenters. The van der Waals surface area contributed by atoms with Crippen LogP contribution in [0.5, 0.6) is 5.75 Å². The van der Waals surface area contributed by atoms with Gasteiger partial charge in [0.2, 0.25) is 5.91 Å². The quantitative estimate of drug-likeness (QED) is 0.622. The lowest BCUT2D eigenvalue weighted by molar-refractivity contribution is -0.122. The van der Waals surface area contributed by atoms with E-state index in [2.05, 4.69) is 10.6 Å². The van der Waals surface area contributed by atoms with Crippen LogP contribution in [0.4, 0.5) is 5.69 Å². The van der Waals surface area contributed by atoms with E-state index in [0.29, 0.717) is 19.0 Å². The van der Waals surface area contributed by atoms with Crippen LogP contribution in [-0.2, 0) is 9.53 Å². The van der Waals surface area contributed by atoms with E-state index in [-0.39, 0.29) is 16.9 Å². The summed E-state index contributed by atoms with van der Waals surface area (Å²) in [6, 6.07) is 7.34. The minimum absolute atomic E-state index is 0.113. The number of carbonyl (C=O) groups excluding carboxylic acids is 1. The molecule has 0 atom stereocenters. The van der Waals surface area contributed by atoms with E-state index in [1.807, 2.05) is 38.1 Å². The summed E-state index contributed by atoms with van der Waals surface area (Å²) in [6.07, 6.45) is 0. The molecule has 5 nitrogen and oxygen atoms in total. The predicted octanol–water partition coefficient (Wildman–Crippen LogP) is 2.18. The van der Waals surface area contributed by atoms with Crippen molar-refractivity contribution >= 4 is 28.9 Å². The lowest BCUT2D eigenvalue weighted by atomic mass is 10.2. The van der Waals surface area contributed by atoms with Crippen LogP contribution in [0.25, 0.3) is 0 Å². The number of benzene rings is 1. The van der Waals surface area contributed by atoms with Crippen molar-refractivity contribution in [2.75, 3.05) is 25.6 Å². The second-order valence-electron chi connectivity index (χ2n) is 4.47. The first-order valence-corrected chi connectivity index (χ1v) is 6.77. The molecule has 0 spiro atoms. The first-order valence-electron chi connectivity index (χ1n) is 6.36. The highest BCUT2D eigenvalue weighted by molar-refractivity contribution is 7.80. The van der Waals surface area contributed by atoms with Crippen molar-refractivity contribution in [3.63, 3.8) is 0 Å². The van der Waals surface area contributed by atoms with E-state index in [1.54, 1.807) is 7.11 Å². The van der Waals surface area contributed by atoms with Crippen molar-refractivity contribution in [1.82, 2.24) is 5.32 Å². The third kappa shape index (κ3) is 5.99. The van der Waals surface area contributed by atoms with Crippen molar-refractivity contribution < 1.29 is 14.3 Å². The fourth-order valence-electron chi connectivity index (χ4n) is 1.33. The van der Waals surface area contributed by atoms with E-state index in [1.165, 1.54) is 0 Å². The maximum absolute atomic E-state index is 11.5. The number of hydrogen-bond acceptors (Lipinski definition) is 4. The predicted molar refractivity (Wildman–Crippen MR) is 83.0 cm³/mol. The second kappa shape index (κ2) is 8.50. The zero-order valence-corrected chi connectivity index (χ0v) is 12.8. The van der Waals surface area contributed by atoms with Crippen LogP contribution in [-0.4, -0.2) is 31.3 Å². The highest BCUT2D eigenvalue weighted by atomic mass is 32.1. The summed E-state index contributed by atoms with van der Waals surface area (Å²) in [5.41, 5.74) is 0.758. The van der Waals surface area contributed by atoms with Crippen molar-refractivity contribution in [2.24, 2.45) is 5.92 Å². The van der Waals surface area contributed by atoms with Crippen LogP contribution in [0.3, 0.4) is 0 Å². The van der Waals surface area contributed by atoms with Gasteiger partial charge in [0.15, 0.2) is 5.11 Å². The van der Waals surface area contributed by atoms with Gasteiger partial charge in [0.05, 0.1) is 6.61 Å². The zero-order valence-electron chi connectivity index (χ0n) is 11.9. The number of thiocarbonyl (C=S) groups is 1. The Kier molecular flexibility index (Phi) is 6.97. The molecule has 110 valence electrons. The average molecular weight is 296 g/mol. The molecule has 0 heterocycles. The summed E-state index contributed by atoms with van der Waals surface area (Å²) >= 11 is 5.08. The highest BCUT2D eigenvalue weighted by Gasteiger charge is 2.08. The largest absolute Gasteiger partial charge is 0.491 e. The van der Waals surface area contributed by atoms with Gasteiger partial charge < -0.3 is 20.1 Å². The van der Waals surface area contributed by atoms with Gasteiger partial charge in [0.1, 0.15) is 12.4 Å². The van der Waals surface area contributed by atoms with Crippen LogP contribution in [0.2, 0.25) is 0 Å². The van der Waals surface area contributed by atoms with Gasteiger partial charge in [-0.2, -0.15) is 0 Å². The third-order valence-corrected chi connectivity index (χ3v) is 2.61. The van der Waals surface area contributed by atoms with Gasteiger partial charge in [-0.1, -0.05) is 19.9 Å². The summed E-state index contributed by atoms with van der Waals surface area (Å²) in [5, 5.41) is 5.84. The van der Waals surface area contributed by atoms with Crippen LogP contribution in [0.15, 0.2) is 24.3 Å². The van der Waals surface area contributed by atoms with Gasteiger partial charge in [0, 0.05) is 24.8 Å². The van der Waals surface area contributed by atoms with E-state index >= 15 is 0 Å². The fourth-order valence-corrected chi connectivity index (χ4v) is 1.54. The number of methoxy groups -OCH3 is 1. The van der Waals surface area contributed by atoms with Gasteiger partial charge in [-0.25, -0.2) is 0 Å². The van der Waals surface area contributed by atoms with Gasteiger partial charge in [0.25, 0.3) is 0 Å². The standard InChI is InChI=1S/C14H20N2O3S/c1-10(2)13(17)16-14(20)15-11-5-4-6-12(9-11)19-8-7-18-3/h4-6,9-10H,7-8H2,1-3H3,(H2,15,16,17,20). The molecule has 0 aromatic heterocycles. The van der Waals surface area contributed by atoms with Gasteiger partial charge in [-0.3, -0.25) is 4.79 Å². The number of amides is 1. The molecular weight excluding hydrogens is 276 g/mol. The maximum Gasteiger partial charge on any atom is 0.228 e. The number of carbonyl (C=O) groups is 1.